The van der Waals surface area contributed by atoms with Crippen LogP contribution in [0.5, 0.6) is 0 Å². The molecule has 0 nitrogen and oxygen atoms in total. The molecule has 0 atom stereocenters. The fourth-order valence-electron chi connectivity index (χ4n) is 3.36. The zero-order chi connectivity index (χ0) is 13.8. The van der Waals surface area contributed by atoms with Gasteiger partial charge in [-0.25, -0.2) is 0 Å². The van der Waals surface area contributed by atoms with Gasteiger partial charge in [0, 0.05) is 5.92 Å². The molecular formula is C20H22. The summed E-state index contributed by atoms with van der Waals surface area (Å²) < 4.78 is 0. The van der Waals surface area contributed by atoms with Gasteiger partial charge < -0.3 is 0 Å². The molecule has 2 aromatic rings. The predicted molar refractivity (Wildman–Crippen MR) is 85.9 cm³/mol. The second kappa shape index (κ2) is 6.09. The van der Waals surface area contributed by atoms with Crippen molar-refractivity contribution >= 4 is 0 Å². The van der Waals surface area contributed by atoms with E-state index < -0.39 is 0 Å². The van der Waals surface area contributed by atoms with Crippen LogP contribution in [0.1, 0.15) is 49.7 Å². The number of hydrogen-bond donors (Lipinski definition) is 0. The molecule has 0 aromatic heterocycles. The number of rotatable bonds is 3. The average molecular weight is 262 g/mol. The summed E-state index contributed by atoms with van der Waals surface area (Å²) >= 11 is 0. The van der Waals surface area contributed by atoms with E-state index >= 15 is 0 Å². The van der Waals surface area contributed by atoms with Gasteiger partial charge in [-0.3, -0.25) is 0 Å². The largest absolute Gasteiger partial charge is 0.0732 e. The van der Waals surface area contributed by atoms with E-state index in [1.54, 1.807) is 11.1 Å². The van der Waals surface area contributed by atoms with Crippen molar-refractivity contribution in [1.82, 2.24) is 0 Å². The average Bonchev–Trinajstić information content (AvgIpc) is 2.52. The first-order chi connectivity index (χ1) is 9.86. The standard InChI is InChI=1S/C20H22/c1-16-10-8-9-15-19(16)20(17-11-4-2-5-12-17)18-13-6-3-7-14-18/h2-7,11-14,20H,8-10,15H2,1H3. The highest BCUT2D eigenvalue weighted by Crippen LogP contribution is 2.39. The van der Waals surface area contributed by atoms with Gasteiger partial charge in [-0.05, 0) is 43.7 Å². The van der Waals surface area contributed by atoms with Crippen molar-refractivity contribution < 1.29 is 0 Å². The predicted octanol–water partition coefficient (Wildman–Crippen LogP) is 5.71. The molecule has 0 amide bonds. The highest BCUT2D eigenvalue weighted by Gasteiger charge is 2.22. The van der Waals surface area contributed by atoms with Gasteiger partial charge in [0.05, 0.1) is 0 Å². The van der Waals surface area contributed by atoms with Gasteiger partial charge in [-0.2, -0.15) is 0 Å². The van der Waals surface area contributed by atoms with Gasteiger partial charge in [-0.1, -0.05) is 71.8 Å². The molecular weight excluding hydrogens is 240 g/mol. The maximum atomic E-state index is 2.33. The molecule has 1 aliphatic carbocycles. The Morgan fingerprint density at radius 1 is 0.700 bits per heavy atom. The van der Waals surface area contributed by atoms with Crippen molar-refractivity contribution in [3.63, 3.8) is 0 Å². The van der Waals surface area contributed by atoms with E-state index in [1.807, 2.05) is 0 Å². The molecule has 20 heavy (non-hydrogen) atoms. The lowest BCUT2D eigenvalue weighted by atomic mass is 9.77. The smallest absolute Gasteiger partial charge is 0.0301 e. The summed E-state index contributed by atoms with van der Waals surface area (Å²) in [5.41, 5.74) is 6.10. The monoisotopic (exact) mass is 262 g/mol. The third kappa shape index (κ3) is 2.70. The Kier molecular flexibility index (Phi) is 4.01. The Labute approximate surface area is 122 Å². The highest BCUT2D eigenvalue weighted by molar-refractivity contribution is 5.42. The first-order valence-corrected chi connectivity index (χ1v) is 7.64. The summed E-state index contributed by atoms with van der Waals surface area (Å²) in [5.74, 6) is 0.442. The van der Waals surface area contributed by atoms with Crippen LogP contribution in [0.15, 0.2) is 71.8 Å². The number of hydrogen-bond acceptors (Lipinski definition) is 0. The van der Waals surface area contributed by atoms with E-state index in [0.717, 1.165) is 0 Å². The van der Waals surface area contributed by atoms with E-state index in [1.165, 1.54) is 36.8 Å². The van der Waals surface area contributed by atoms with Crippen molar-refractivity contribution in [2.75, 3.05) is 0 Å². The van der Waals surface area contributed by atoms with Crippen LogP contribution in [-0.4, -0.2) is 0 Å². The summed E-state index contributed by atoms with van der Waals surface area (Å²) in [5, 5.41) is 0. The fourth-order valence-corrected chi connectivity index (χ4v) is 3.36. The molecule has 0 bridgehead atoms. The first kappa shape index (κ1) is 13.2. The van der Waals surface area contributed by atoms with Crippen molar-refractivity contribution in [2.45, 2.75) is 38.5 Å². The highest BCUT2D eigenvalue weighted by atomic mass is 14.3. The Bertz CT molecular complexity index is 538. The third-order valence-electron chi connectivity index (χ3n) is 4.41. The minimum Gasteiger partial charge on any atom is -0.0732 e. The van der Waals surface area contributed by atoms with Crippen LogP contribution in [0.3, 0.4) is 0 Å². The van der Waals surface area contributed by atoms with E-state index in [-0.39, 0.29) is 0 Å². The van der Waals surface area contributed by atoms with Crippen molar-refractivity contribution in [3.8, 4) is 0 Å². The van der Waals surface area contributed by atoms with Gasteiger partial charge in [0.25, 0.3) is 0 Å². The summed E-state index contributed by atoms with van der Waals surface area (Å²) in [4.78, 5) is 0. The molecule has 0 spiro atoms. The van der Waals surface area contributed by atoms with Crippen molar-refractivity contribution in [2.24, 2.45) is 0 Å². The molecule has 3 rings (SSSR count). The lowest BCUT2D eigenvalue weighted by Gasteiger charge is -2.27. The van der Waals surface area contributed by atoms with E-state index in [9.17, 15) is 0 Å². The third-order valence-corrected chi connectivity index (χ3v) is 4.41. The molecule has 0 N–H and O–H groups in total. The van der Waals surface area contributed by atoms with Gasteiger partial charge in [-0.15, -0.1) is 0 Å². The molecule has 0 saturated carbocycles. The minimum atomic E-state index is 0.442. The van der Waals surface area contributed by atoms with Gasteiger partial charge >= 0.3 is 0 Å². The fraction of sp³-hybridized carbons (Fsp3) is 0.300. The van der Waals surface area contributed by atoms with Crippen LogP contribution in [0.25, 0.3) is 0 Å². The molecule has 2 aromatic carbocycles. The van der Waals surface area contributed by atoms with Crippen LogP contribution < -0.4 is 0 Å². The maximum absolute atomic E-state index is 2.33. The topological polar surface area (TPSA) is 0 Å². The van der Waals surface area contributed by atoms with E-state index in [0.29, 0.717) is 5.92 Å². The van der Waals surface area contributed by atoms with Crippen molar-refractivity contribution in [1.29, 1.82) is 0 Å². The molecule has 0 fully saturated rings. The lowest BCUT2D eigenvalue weighted by Crippen LogP contribution is -2.10. The molecule has 0 radical (unpaired) electrons. The van der Waals surface area contributed by atoms with Gasteiger partial charge in [0.15, 0.2) is 0 Å². The minimum absolute atomic E-state index is 0.442. The molecule has 1 aliphatic rings. The van der Waals surface area contributed by atoms with Crippen LogP contribution in [0, 0.1) is 0 Å². The van der Waals surface area contributed by atoms with Gasteiger partial charge in [0.1, 0.15) is 0 Å². The lowest BCUT2D eigenvalue weighted by molar-refractivity contribution is 0.641. The summed E-state index contributed by atoms with van der Waals surface area (Å²) in [6.07, 6.45) is 5.21. The van der Waals surface area contributed by atoms with E-state index in [4.69, 9.17) is 0 Å². The van der Waals surface area contributed by atoms with Crippen LogP contribution in [0.2, 0.25) is 0 Å². The van der Waals surface area contributed by atoms with Crippen LogP contribution in [0.4, 0.5) is 0 Å². The summed E-state index contributed by atoms with van der Waals surface area (Å²) in [6.45, 7) is 2.33. The molecule has 0 saturated heterocycles. The van der Waals surface area contributed by atoms with E-state index in [2.05, 4.69) is 67.6 Å². The van der Waals surface area contributed by atoms with Crippen molar-refractivity contribution in [3.05, 3.63) is 82.9 Å². The number of allylic oxidation sites excluding steroid dienone is 2. The van der Waals surface area contributed by atoms with Gasteiger partial charge in [0.2, 0.25) is 0 Å². The molecule has 0 heterocycles. The normalized spacial score (nSPS) is 15.7. The van der Waals surface area contributed by atoms with Crippen LogP contribution >= 0.6 is 0 Å². The zero-order valence-electron chi connectivity index (χ0n) is 12.2. The quantitative estimate of drug-likeness (QED) is 0.621. The Hall–Kier alpha value is -1.82. The summed E-state index contributed by atoms with van der Waals surface area (Å²) in [6, 6.07) is 21.9. The molecule has 0 heteroatoms. The second-order valence-electron chi connectivity index (χ2n) is 5.77. The second-order valence-corrected chi connectivity index (χ2v) is 5.77. The summed E-state index contributed by atoms with van der Waals surface area (Å²) in [7, 11) is 0. The number of benzene rings is 2. The first-order valence-electron chi connectivity index (χ1n) is 7.64. The molecule has 102 valence electrons. The maximum Gasteiger partial charge on any atom is 0.0301 e. The van der Waals surface area contributed by atoms with Crippen LogP contribution in [-0.2, 0) is 0 Å². The molecule has 0 unspecified atom stereocenters. The Morgan fingerprint density at radius 3 is 1.70 bits per heavy atom. The zero-order valence-corrected chi connectivity index (χ0v) is 12.2. The SMILES string of the molecule is CC1=C(C(c2ccccc2)c2ccccc2)CCCC1. The molecule has 0 aliphatic heterocycles. The Balaban J connectivity index is 2.09. The Morgan fingerprint density at radius 2 is 1.20 bits per heavy atom.